The minimum atomic E-state index is -0.727. The number of aliphatic carboxylic acids is 1. The van der Waals surface area contributed by atoms with E-state index in [1.165, 1.54) is 16.5 Å². The van der Waals surface area contributed by atoms with Crippen molar-refractivity contribution in [3.05, 3.63) is 36.0 Å². The molecule has 0 spiro atoms. The average Bonchev–Trinajstić information content (AvgIpc) is 3.02. The highest BCUT2D eigenvalue weighted by Crippen LogP contribution is 2.32. The van der Waals surface area contributed by atoms with Gasteiger partial charge in [-0.3, -0.25) is 9.69 Å². The van der Waals surface area contributed by atoms with Crippen LogP contribution in [-0.4, -0.2) is 32.6 Å². The van der Waals surface area contributed by atoms with Gasteiger partial charge in [-0.25, -0.2) is 0 Å². The second-order valence-corrected chi connectivity index (χ2v) is 6.06. The lowest BCUT2D eigenvalue weighted by molar-refractivity contribution is -0.148. The molecule has 4 nitrogen and oxygen atoms in total. The molecule has 0 bridgehead atoms. The van der Waals surface area contributed by atoms with Gasteiger partial charge in [0.25, 0.3) is 0 Å². The third kappa shape index (κ3) is 2.23. The molecule has 2 heterocycles. The molecule has 2 aromatic rings. The fourth-order valence-electron chi connectivity index (χ4n) is 3.43. The van der Waals surface area contributed by atoms with Crippen LogP contribution in [-0.2, 0) is 17.9 Å². The lowest BCUT2D eigenvalue weighted by atomic mass is 9.99. The number of aryl methyl sites for hydroxylation is 1. The number of hydrogen-bond acceptors (Lipinski definition) is 2. The van der Waals surface area contributed by atoms with Gasteiger partial charge in [-0.05, 0) is 44.9 Å². The molecule has 0 saturated carbocycles. The third-order valence-electron chi connectivity index (χ3n) is 4.82. The molecule has 3 rings (SSSR count). The Bertz CT molecular complexity index is 676. The third-order valence-corrected chi connectivity index (χ3v) is 4.82. The first-order valence-corrected chi connectivity index (χ1v) is 7.61. The van der Waals surface area contributed by atoms with Crippen LogP contribution in [0.3, 0.4) is 0 Å². The summed E-state index contributed by atoms with van der Waals surface area (Å²) in [6.07, 6.45) is 3.86. The van der Waals surface area contributed by atoms with E-state index in [2.05, 4.69) is 40.8 Å². The Morgan fingerprint density at radius 2 is 2.14 bits per heavy atom. The zero-order valence-electron chi connectivity index (χ0n) is 12.7. The summed E-state index contributed by atoms with van der Waals surface area (Å²) in [4.78, 5) is 13.7. The lowest BCUT2D eigenvalue weighted by Gasteiger charge is -2.30. The van der Waals surface area contributed by atoms with Gasteiger partial charge in [0.05, 0.1) is 0 Å². The molecule has 0 radical (unpaired) electrons. The quantitative estimate of drug-likeness (QED) is 0.939. The molecule has 1 saturated heterocycles. The first kappa shape index (κ1) is 14.1. The molecule has 4 heteroatoms. The maximum atomic E-state index is 11.6. The number of hydrogen-bond donors (Lipinski definition) is 1. The molecule has 1 N–H and O–H groups in total. The van der Waals surface area contributed by atoms with E-state index in [1.807, 2.05) is 13.0 Å². The van der Waals surface area contributed by atoms with Crippen molar-refractivity contribution in [3.8, 4) is 0 Å². The number of likely N-dealkylation sites (tertiary alicyclic amines) is 1. The van der Waals surface area contributed by atoms with E-state index in [0.717, 1.165) is 25.9 Å². The Kier molecular flexibility index (Phi) is 3.49. The molecule has 1 aliphatic rings. The molecule has 1 aromatic heterocycles. The van der Waals surface area contributed by atoms with Gasteiger partial charge in [-0.2, -0.15) is 0 Å². The topological polar surface area (TPSA) is 45.5 Å². The monoisotopic (exact) mass is 286 g/mol. The SMILES string of the molecule is CCn1cc(CN2CCCC2(C)C(=O)O)c2ccccc21. The maximum Gasteiger partial charge on any atom is 0.323 e. The Hall–Kier alpha value is -1.81. The van der Waals surface area contributed by atoms with E-state index in [-0.39, 0.29) is 0 Å². The predicted octanol–water partition coefficient (Wildman–Crippen LogP) is 3.10. The first-order chi connectivity index (χ1) is 10.1. The number of carbonyl (C=O) groups is 1. The van der Waals surface area contributed by atoms with Crippen molar-refractivity contribution in [3.63, 3.8) is 0 Å². The van der Waals surface area contributed by atoms with Crippen molar-refractivity contribution >= 4 is 16.9 Å². The van der Waals surface area contributed by atoms with Gasteiger partial charge < -0.3 is 9.67 Å². The number of nitrogens with zero attached hydrogens (tertiary/aromatic N) is 2. The minimum absolute atomic E-state index is 0.705. The molecule has 1 fully saturated rings. The number of rotatable bonds is 4. The summed E-state index contributed by atoms with van der Waals surface area (Å²) in [5.74, 6) is -0.709. The number of benzene rings is 1. The van der Waals surface area contributed by atoms with Gasteiger partial charge in [0.2, 0.25) is 0 Å². The predicted molar refractivity (Wildman–Crippen MR) is 83.3 cm³/mol. The van der Waals surface area contributed by atoms with Crippen LogP contribution in [0.5, 0.6) is 0 Å². The van der Waals surface area contributed by atoms with Gasteiger partial charge in [-0.1, -0.05) is 18.2 Å². The van der Waals surface area contributed by atoms with Gasteiger partial charge >= 0.3 is 5.97 Å². The first-order valence-electron chi connectivity index (χ1n) is 7.61. The van der Waals surface area contributed by atoms with Crippen molar-refractivity contribution in [2.45, 2.75) is 45.3 Å². The van der Waals surface area contributed by atoms with Gasteiger partial charge in [0, 0.05) is 30.2 Å². The summed E-state index contributed by atoms with van der Waals surface area (Å²) in [6, 6.07) is 8.36. The molecule has 1 aliphatic heterocycles. The van der Waals surface area contributed by atoms with E-state index in [4.69, 9.17) is 0 Å². The van der Waals surface area contributed by atoms with Crippen molar-refractivity contribution in [2.24, 2.45) is 0 Å². The Labute approximate surface area is 125 Å². The number of carboxylic acid groups (broad SMARTS) is 1. The zero-order chi connectivity index (χ0) is 15.0. The Morgan fingerprint density at radius 1 is 1.38 bits per heavy atom. The van der Waals surface area contributed by atoms with Crippen LogP contribution in [0.2, 0.25) is 0 Å². The highest BCUT2D eigenvalue weighted by molar-refractivity contribution is 5.84. The summed E-state index contributed by atoms with van der Waals surface area (Å²) in [5, 5.41) is 10.8. The van der Waals surface area contributed by atoms with Crippen LogP contribution in [0.15, 0.2) is 30.5 Å². The van der Waals surface area contributed by atoms with Gasteiger partial charge in [-0.15, -0.1) is 0 Å². The maximum absolute atomic E-state index is 11.6. The number of fused-ring (bicyclic) bond motifs is 1. The van der Waals surface area contributed by atoms with E-state index in [0.29, 0.717) is 6.54 Å². The van der Waals surface area contributed by atoms with E-state index in [1.54, 1.807) is 0 Å². The van der Waals surface area contributed by atoms with Crippen molar-refractivity contribution in [2.75, 3.05) is 6.54 Å². The van der Waals surface area contributed by atoms with Gasteiger partial charge in [0.1, 0.15) is 5.54 Å². The van der Waals surface area contributed by atoms with Crippen molar-refractivity contribution in [1.29, 1.82) is 0 Å². The highest BCUT2D eigenvalue weighted by atomic mass is 16.4. The van der Waals surface area contributed by atoms with Crippen LogP contribution < -0.4 is 0 Å². The summed E-state index contributed by atoms with van der Waals surface area (Å²) >= 11 is 0. The van der Waals surface area contributed by atoms with Crippen molar-refractivity contribution < 1.29 is 9.90 Å². The molecule has 1 aromatic carbocycles. The molecular weight excluding hydrogens is 264 g/mol. The molecule has 0 amide bonds. The highest BCUT2D eigenvalue weighted by Gasteiger charge is 2.43. The lowest BCUT2D eigenvalue weighted by Crippen LogP contribution is -2.47. The summed E-state index contributed by atoms with van der Waals surface area (Å²) in [5.41, 5.74) is 1.73. The second kappa shape index (κ2) is 5.19. The van der Waals surface area contributed by atoms with Crippen LogP contribution in [0, 0.1) is 0 Å². The molecule has 21 heavy (non-hydrogen) atoms. The van der Waals surface area contributed by atoms with Crippen LogP contribution in [0.4, 0.5) is 0 Å². The number of carboxylic acids is 1. The largest absolute Gasteiger partial charge is 0.480 e. The fourth-order valence-corrected chi connectivity index (χ4v) is 3.43. The smallest absolute Gasteiger partial charge is 0.323 e. The normalized spacial score (nSPS) is 23.0. The summed E-state index contributed by atoms with van der Waals surface area (Å²) in [7, 11) is 0. The fraction of sp³-hybridized carbons (Fsp3) is 0.471. The van der Waals surface area contributed by atoms with E-state index >= 15 is 0 Å². The van der Waals surface area contributed by atoms with Crippen LogP contribution >= 0.6 is 0 Å². The Morgan fingerprint density at radius 3 is 2.86 bits per heavy atom. The van der Waals surface area contributed by atoms with Crippen LogP contribution in [0.1, 0.15) is 32.3 Å². The minimum Gasteiger partial charge on any atom is -0.480 e. The molecule has 1 unspecified atom stereocenters. The average molecular weight is 286 g/mol. The van der Waals surface area contributed by atoms with Crippen molar-refractivity contribution in [1.82, 2.24) is 9.47 Å². The summed E-state index contributed by atoms with van der Waals surface area (Å²) < 4.78 is 2.23. The molecular formula is C17H22N2O2. The number of aromatic nitrogens is 1. The molecule has 1 atom stereocenters. The second-order valence-electron chi connectivity index (χ2n) is 6.06. The Balaban J connectivity index is 1.97. The summed E-state index contributed by atoms with van der Waals surface area (Å²) in [6.45, 7) is 6.47. The van der Waals surface area contributed by atoms with Crippen LogP contribution in [0.25, 0.3) is 10.9 Å². The molecule has 112 valence electrons. The van der Waals surface area contributed by atoms with E-state index < -0.39 is 11.5 Å². The standard InChI is InChI=1S/C17H22N2O2/c1-3-18-11-13(14-7-4-5-8-15(14)18)12-19-10-6-9-17(19,2)16(20)21/h4-5,7-8,11H,3,6,9-10,12H2,1-2H3,(H,20,21). The number of para-hydroxylation sites is 1. The zero-order valence-corrected chi connectivity index (χ0v) is 12.7. The molecule has 0 aliphatic carbocycles. The van der Waals surface area contributed by atoms with E-state index in [9.17, 15) is 9.90 Å². The van der Waals surface area contributed by atoms with Gasteiger partial charge in [0.15, 0.2) is 0 Å².